The molecule has 1 N–H and O–H groups in total. The van der Waals surface area contributed by atoms with Crippen molar-refractivity contribution in [2.75, 3.05) is 20.1 Å². The number of likely N-dealkylation sites (tertiary alicyclic amines) is 1. The second-order valence-electron chi connectivity index (χ2n) is 7.76. The van der Waals surface area contributed by atoms with Gasteiger partial charge in [-0.1, -0.05) is 49.4 Å². The molecule has 0 atom stereocenters. The molecule has 1 aliphatic heterocycles. The molecule has 1 aromatic rings. The van der Waals surface area contributed by atoms with E-state index in [1.165, 1.54) is 11.6 Å². The largest absolute Gasteiger partial charge is 0.375 e. The first-order valence-corrected chi connectivity index (χ1v) is 10.8. The molecule has 2 aliphatic rings. The Morgan fingerprint density at radius 3 is 2.70 bits per heavy atom. The average molecular weight is 424 g/mol. The average Bonchev–Trinajstić information content (AvgIpc) is 2.76. The van der Waals surface area contributed by atoms with Crippen molar-refractivity contribution in [2.24, 2.45) is 4.99 Å². The summed E-state index contributed by atoms with van der Waals surface area (Å²) in [6.07, 6.45) is 12.4. The minimum Gasteiger partial charge on any atom is -0.375 e. The number of carbonyl (C=O) groups excluding carboxylic acids is 1. The van der Waals surface area contributed by atoms with Gasteiger partial charge in [-0.25, -0.2) is 0 Å². The minimum atomic E-state index is -0.312. The van der Waals surface area contributed by atoms with E-state index in [2.05, 4.69) is 61.1 Å². The minimum absolute atomic E-state index is 0.0158. The van der Waals surface area contributed by atoms with Gasteiger partial charge in [-0.05, 0) is 67.2 Å². The third-order valence-electron chi connectivity index (χ3n) is 5.97. The van der Waals surface area contributed by atoms with Crippen LogP contribution in [0.15, 0.2) is 71.4 Å². The first-order chi connectivity index (χ1) is 14.4. The third-order valence-corrected chi connectivity index (χ3v) is 6.38. The first-order valence-electron chi connectivity index (χ1n) is 10.5. The number of halogens is 1. The van der Waals surface area contributed by atoms with Crippen LogP contribution in [0.25, 0.3) is 0 Å². The van der Waals surface area contributed by atoms with Gasteiger partial charge in [0, 0.05) is 30.9 Å². The predicted octanol–water partition coefficient (Wildman–Crippen LogP) is 5.10. The molecule has 0 bridgehead atoms. The number of amides is 1. The lowest BCUT2D eigenvalue weighted by atomic mass is 9.78. The Morgan fingerprint density at radius 1 is 1.33 bits per heavy atom. The molecular formula is C25H30ClN3O. The van der Waals surface area contributed by atoms with Gasteiger partial charge >= 0.3 is 0 Å². The molecular weight excluding hydrogens is 394 g/mol. The Bertz CT molecular complexity index is 947. The van der Waals surface area contributed by atoms with E-state index in [1.807, 2.05) is 24.1 Å². The number of hydrogen-bond donors (Lipinski definition) is 1. The summed E-state index contributed by atoms with van der Waals surface area (Å²) in [6.45, 7) is 9.14. The van der Waals surface area contributed by atoms with E-state index in [1.54, 1.807) is 0 Å². The molecule has 1 aliphatic carbocycles. The third kappa shape index (κ3) is 4.44. The fourth-order valence-corrected chi connectivity index (χ4v) is 4.48. The van der Waals surface area contributed by atoms with Crippen molar-refractivity contribution in [3.8, 4) is 0 Å². The highest BCUT2D eigenvalue weighted by atomic mass is 35.5. The maximum atomic E-state index is 12.1. The van der Waals surface area contributed by atoms with Crippen LogP contribution in [0.3, 0.4) is 0 Å². The zero-order valence-electron chi connectivity index (χ0n) is 18.0. The molecule has 1 saturated heterocycles. The summed E-state index contributed by atoms with van der Waals surface area (Å²) in [7, 11) is 1.82. The van der Waals surface area contributed by atoms with E-state index in [-0.39, 0.29) is 11.4 Å². The molecule has 1 heterocycles. The Hall–Kier alpha value is -2.59. The van der Waals surface area contributed by atoms with Crippen molar-refractivity contribution >= 4 is 23.2 Å². The van der Waals surface area contributed by atoms with Gasteiger partial charge in [0.2, 0.25) is 5.91 Å². The van der Waals surface area contributed by atoms with E-state index in [9.17, 15) is 4.79 Å². The number of allylic oxidation sites excluding steroid dienone is 5. The van der Waals surface area contributed by atoms with Gasteiger partial charge in [-0.2, -0.15) is 0 Å². The van der Waals surface area contributed by atoms with E-state index in [0.29, 0.717) is 13.1 Å². The van der Waals surface area contributed by atoms with E-state index in [4.69, 9.17) is 11.6 Å². The zero-order chi connectivity index (χ0) is 21.7. The lowest BCUT2D eigenvalue weighted by Crippen LogP contribution is -2.52. The van der Waals surface area contributed by atoms with Crippen molar-refractivity contribution < 1.29 is 4.79 Å². The number of rotatable bonds is 5. The van der Waals surface area contributed by atoms with Crippen LogP contribution < -0.4 is 5.32 Å². The second kappa shape index (κ2) is 9.48. The van der Waals surface area contributed by atoms with Crippen LogP contribution in [0.4, 0.5) is 0 Å². The summed E-state index contributed by atoms with van der Waals surface area (Å²) in [6, 6.07) is 6.07. The van der Waals surface area contributed by atoms with Crippen LogP contribution in [-0.2, 0) is 10.3 Å². The number of nitrogens with zero attached hydrogens (tertiary/aromatic N) is 2. The maximum Gasteiger partial charge on any atom is 0.245 e. The molecule has 4 nitrogen and oxygen atoms in total. The molecule has 1 fully saturated rings. The summed E-state index contributed by atoms with van der Waals surface area (Å²) in [5.74, 6) is -0.0158. The fourth-order valence-electron chi connectivity index (χ4n) is 4.31. The molecule has 0 radical (unpaired) electrons. The van der Waals surface area contributed by atoms with Gasteiger partial charge in [-0.15, -0.1) is 0 Å². The summed E-state index contributed by atoms with van der Waals surface area (Å²) < 4.78 is 0. The van der Waals surface area contributed by atoms with Crippen molar-refractivity contribution in [3.05, 3.63) is 82.6 Å². The summed E-state index contributed by atoms with van der Waals surface area (Å²) in [5.41, 5.74) is 5.08. The molecule has 0 spiro atoms. The molecule has 1 amide bonds. The normalized spacial score (nSPS) is 20.9. The lowest BCUT2D eigenvalue weighted by molar-refractivity contribution is -0.127. The Balaban J connectivity index is 1.97. The van der Waals surface area contributed by atoms with Crippen LogP contribution >= 0.6 is 11.6 Å². The lowest BCUT2D eigenvalue weighted by Gasteiger charge is -2.44. The van der Waals surface area contributed by atoms with Crippen molar-refractivity contribution in [1.29, 1.82) is 0 Å². The van der Waals surface area contributed by atoms with Gasteiger partial charge < -0.3 is 10.2 Å². The van der Waals surface area contributed by atoms with Gasteiger partial charge in [0.05, 0.1) is 11.3 Å². The van der Waals surface area contributed by atoms with Gasteiger partial charge in [0.25, 0.3) is 0 Å². The Labute approximate surface area is 184 Å². The number of aliphatic imine (C=N–C) groups is 1. The topological polar surface area (TPSA) is 44.7 Å². The number of carbonyl (C=O) groups is 1. The maximum absolute atomic E-state index is 12.1. The van der Waals surface area contributed by atoms with Crippen LogP contribution in [-0.4, -0.2) is 36.7 Å². The number of nitrogens with one attached hydrogen (secondary N) is 1. The molecule has 30 heavy (non-hydrogen) atoms. The quantitative estimate of drug-likeness (QED) is 0.669. The molecule has 0 saturated carbocycles. The second-order valence-corrected chi connectivity index (χ2v) is 8.17. The van der Waals surface area contributed by atoms with E-state index >= 15 is 0 Å². The van der Waals surface area contributed by atoms with Crippen molar-refractivity contribution in [2.45, 2.75) is 38.6 Å². The van der Waals surface area contributed by atoms with E-state index in [0.717, 1.165) is 46.8 Å². The molecule has 0 unspecified atom stereocenters. The van der Waals surface area contributed by atoms with Crippen LogP contribution in [0.5, 0.6) is 0 Å². The fraction of sp³-hybridized carbons (Fsp3) is 0.360. The Morgan fingerprint density at radius 2 is 2.07 bits per heavy atom. The highest BCUT2D eigenvalue weighted by Gasteiger charge is 2.38. The monoisotopic (exact) mass is 423 g/mol. The summed E-state index contributed by atoms with van der Waals surface area (Å²) in [5, 5.41) is 4.56. The van der Waals surface area contributed by atoms with Crippen LogP contribution in [0.1, 0.15) is 37.3 Å². The number of piperidine rings is 1. The number of benzene rings is 1. The summed E-state index contributed by atoms with van der Waals surface area (Å²) in [4.78, 5) is 18.4. The molecule has 3 rings (SSSR count). The molecule has 0 aromatic heterocycles. The molecule has 1 aromatic carbocycles. The predicted molar refractivity (Wildman–Crippen MR) is 126 cm³/mol. The van der Waals surface area contributed by atoms with Gasteiger partial charge in [0.1, 0.15) is 0 Å². The van der Waals surface area contributed by atoms with Crippen LogP contribution in [0.2, 0.25) is 5.02 Å². The van der Waals surface area contributed by atoms with Crippen molar-refractivity contribution in [3.63, 3.8) is 0 Å². The highest BCUT2D eigenvalue weighted by molar-refractivity contribution is 6.31. The number of hydrogen-bond acceptors (Lipinski definition) is 3. The molecule has 5 heteroatoms. The SMILES string of the molecule is C=CC(=O)N1CCC(NC2=CC(=NC)/C(=C\CC)C=C2)(c2cccc(Cl)c2C)CC1. The van der Waals surface area contributed by atoms with Crippen LogP contribution in [0, 0.1) is 6.92 Å². The zero-order valence-corrected chi connectivity index (χ0v) is 18.8. The standard InChI is InChI=1S/C25H30ClN3O/c1-5-8-19-11-12-20(17-23(19)27-4)28-25(21-9-7-10-22(26)18(21)3)13-15-29(16-14-25)24(30)6-2/h6-12,17,28H,2,5,13-16H2,1,3-4H3/b19-8-,27-23?. The summed E-state index contributed by atoms with van der Waals surface area (Å²) >= 11 is 6.48. The highest BCUT2D eigenvalue weighted by Crippen LogP contribution is 2.38. The van der Waals surface area contributed by atoms with Gasteiger partial charge in [0.15, 0.2) is 0 Å². The first kappa shape index (κ1) is 22.1. The van der Waals surface area contributed by atoms with Gasteiger partial charge in [-0.3, -0.25) is 9.79 Å². The Kier molecular flexibility index (Phi) is 6.99. The molecule has 158 valence electrons. The smallest absolute Gasteiger partial charge is 0.245 e. The van der Waals surface area contributed by atoms with Crippen molar-refractivity contribution in [1.82, 2.24) is 10.2 Å². The van der Waals surface area contributed by atoms with E-state index < -0.39 is 0 Å².